The summed E-state index contributed by atoms with van der Waals surface area (Å²) in [7, 11) is 4.58. The van der Waals surface area contributed by atoms with Crippen molar-refractivity contribution in [2.45, 2.75) is 6.10 Å². The summed E-state index contributed by atoms with van der Waals surface area (Å²) in [6, 6.07) is 10.6. The molecule has 0 radical (unpaired) electrons. The molecular formula is C19H20N2O6. The second-order valence-electron chi connectivity index (χ2n) is 5.56. The summed E-state index contributed by atoms with van der Waals surface area (Å²) >= 11 is 0. The number of carbonyl (C=O) groups is 1. The third-order valence-electron chi connectivity index (χ3n) is 3.88. The van der Waals surface area contributed by atoms with Crippen LogP contribution in [0.1, 0.15) is 5.56 Å². The molecule has 0 saturated heterocycles. The number of methoxy groups -OCH3 is 3. The van der Waals surface area contributed by atoms with Crippen molar-refractivity contribution in [3.8, 4) is 28.7 Å². The molecule has 1 amide bonds. The Bertz CT molecular complexity index is 827. The zero-order chi connectivity index (χ0) is 19.2. The number of nitrogens with one attached hydrogen (secondary N) is 1. The number of hydrogen-bond donors (Lipinski definition) is 1. The van der Waals surface area contributed by atoms with E-state index in [4.69, 9.17) is 23.7 Å². The predicted molar refractivity (Wildman–Crippen MR) is 98.2 cm³/mol. The highest BCUT2D eigenvalue weighted by Gasteiger charge is 2.27. The topological polar surface area (TPSA) is 87.6 Å². The van der Waals surface area contributed by atoms with Crippen LogP contribution in [0.2, 0.25) is 0 Å². The molecule has 2 aromatic rings. The van der Waals surface area contributed by atoms with Gasteiger partial charge in [0.05, 0.1) is 27.5 Å². The fourth-order valence-corrected chi connectivity index (χ4v) is 2.57. The zero-order valence-corrected chi connectivity index (χ0v) is 15.2. The molecule has 0 fully saturated rings. The second kappa shape index (κ2) is 8.31. The normalized spacial score (nSPS) is 15.3. The van der Waals surface area contributed by atoms with Crippen LogP contribution in [0.25, 0.3) is 0 Å². The van der Waals surface area contributed by atoms with E-state index in [1.54, 1.807) is 24.3 Å². The summed E-state index contributed by atoms with van der Waals surface area (Å²) in [5, 5.41) is 3.97. The first-order chi connectivity index (χ1) is 13.2. The Labute approximate surface area is 156 Å². The minimum atomic E-state index is -0.781. The van der Waals surface area contributed by atoms with E-state index in [1.807, 2.05) is 12.1 Å². The number of rotatable bonds is 6. The molecule has 0 bridgehead atoms. The van der Waals surface area contributed by atoms with Crippen molar-refractivity contribution in [3.63, 3.8) is 0 Å². The fraction of sp³-hybridized carbons (Fsp3) is 0.263. The van der Waals surface area contributed by atoms with Crippen LogP contribution in [-0.2, 0) is 4.79 Å². The minimum absolute atomic E-state index is 0.114. The summed E-state index contributed by atoms with van der Waals surface area (Å²) in [6.45, 7) is 0.114. The number of hydrazone groups is 1. The summed E-state index contributed by atoms with van der Waals surface area (Å²) in [4.78, 5) is 12.2. The molecule has 0 unspecified atom stereocenters. The van der Waals surface area contributed by atoms with Crippen molar-refractivity contribution >= 4 is 12.1 Å². The van der Waals surface area contributed by atoms with Crippen molar-refractivity contribution in [2.75, 3.05) is 27.9 Å². The van der Waals surface area contributed by atoms with Crippen LogP contribution in [0, 0.1) is 0 Å². The van der Waals surface area contributed by atoms with E-state index >= 15 is 0 Å². The van der Waals surface area contributed by atoms with E-state index < -0.39 is 12.0 Å². The maximum atomic E-state index is 12.2. The number of nitrogens with zero attached hydrogens (tertiary/aromatic N) is 1. The lowest BCUT2D eigenvalue weighted by atomic mass is 10.2. The Morgan fingerprint density at radius 2 is 1.78 bits per heavy atom. The number of para-hydroxylation sites is 2. The first-order valence-electron chi connectivity index (χ1n) is 8.17. The number of carbonyl (C=O) groups excluding carboxylic acids is 1. The van der Waals surface area contributed by atoms with Crippen LogP contribution < -0.4 is 29.1 Å². The standard InChI is InChI=1S/C19H20N2O6/c1-23-15-8-12(9-16(24-2)18(15)25-3)10-20-21-19(22)17-11-26-13-6-4-5-7-14(13)27-17/h4-10,17H,11H2,1-3H3,(H,21,22)/t17-/m1/s1. The van der Waals surface area contributed by atoms with Gasteiger partial charge in [0.2, 0.25) is 11.9 Å². The molecule has 1 N–H and O–H groups in total. The van der Waals surface area contributed by atoms with E-state index in [-0.39, 0.29) is 6.61 Å². The zero-order valence-electron chi connectivity index (χ0n) is 15.2. The molecule has 0 spiro atoms. The Morgan fingerprint density at radius 1 is 1.11 bits per heavy atom. The molecular weight excluding hydrogens is 352 g/mol. The van der Waals surface area contributed by atoms with Gasteiger partial charge in [-0.2, -0.15) is 5.10 Å². The van der Waals surface area contributed by atoms with Crippen molar-refractivity contribution in [3.05, 3.63) is 42.0 Å². The van der Waals surface area contributed by atoms with Crippen molar-refractivity contribution < 1.29 is 28.5 Å². The lowest BCUT2D eigenvalue weighted by Gasteiger charge is -2.24. The molecule has 1 heterocycles. The molecule has 1 aliphatic heterocycles. The third-order valence-corrected chi connectivity index (χ3v) is 3.88. The fourth-order valence-electron chi connectivity index (χ4n) is 2.57. The maximum Gasteiger partial charge on any atom is 0.284 e. The van der Waals surface area contributed by atoms with E-state index in [2.05, 4.69) is 10.5 Å². The van der Waals surface area contributed by atoms with Gasteiger partial charge < -0.3 is 23.7 Å². The van der Waals surface area contributed by atoms with E-state index in [0.717, 1.165) is 0 Å². The highest BCUT2D eigenvalue weighted by Crippen LogP contribution is 2.37. The highest BCUT2D eigenvalue weighted by atomic mass is 16.6. The van der Waals surface area contributed by atoms with Crippen LogP contribution in [0.15, 0.2) is 41.5 Å². The second-order valence-corrected chi connectivity index (χ2v) is 5.56. The molecule has 0 aromatic heterocycles. The van der Waals surface area contributed by atoms with Crippen LogP contribution in [-0.4, -0.2) is 46.2 Å². The Kier molecular flexibility index (Phi) is 5.65. The summed E-state index contributed by atoms with van der Waals surface area (Å²) < 4.78 is 27.0. The smallest absolute Gasteiger partial charge is 0.284 e. The van der Waals surface area contributed by atoms with E-state index in [0.29, 0.717) is 34.3 Å². The largest absolute Gasteiger partial charge is 0.493 e. The molecule has 142 valence electrons. The van der Waals surface area contributed by atoms with Gasteiger partial charge in [-0.1, -0.05) is 12.1 Å². The first-order valence-corrected chi connectivity index (χ1v) is 8.17. The van der Waals surface area contributed by atoms with Crippen molar-refractivity contribution in [2.24, 2.45) is 5.10 Å². The maximum absolute atomic E-state index is 12.2. The van der Waals surface area contributed by atoms with E-state index in [1.165, 1.54) is 27.5 Å². The summed E-state index contributed by atoms with van der Waals surface area (Å²) in [5.74, 6) is 2.19. The van der Waals surface area contributed by atoms with Crippen molar-refractivity contribution in [1.29, 1.82) is 0 Å². The number of fused-ring (bicyclic) bond motifs is 1. The van der Waals surface area contributed by atoms with Crippen LogP contribution in [0.5, 0.6) is 28.7 Å². The Morgan fingerprint density at radius 3 is 2.41 bits per heavy atom. The van der Waals surface area contributed by atoms with Gasteiger partial charge in [0.15, 0.2) is 23.0 Å². The number of amides is 1. The predicted octanol–water partition coefficient (Wildman–Crippen LogP) is 2.00. The minimum Gasteiger partial charge on any atom is -0.493 e. The quantitative estimate of drug-likeness (QED) is 0.616. The molecule has 27 heavy (non-hydrogen) atoms. The van der Waals surface area contributed by atoms with Gasteiger partial charge in [-0.3, -0.25) is 4.79 Å². The summed E-state index contributed by atoms with van der Waals surface area (Å²) in [5.41, 5.74) is 3.11. The van der Waals surface area contributed by atoms with Crippen LogP contribution >= 0.6 is 0 Å². The van der Waals surface area contributed by atoms with Crippen LogP contribution in [0.3, 0.4) is 0 Å². The van der Waals surface area contributed by atoms with Gasteiger partial charge >= 0.3 is 0 Å². The molecule has 1 aliphatic rings. The van der Waals surface area contributed by atoms with E-state index in [9.17, 15) is 4.79 Å². The number of benzene rings is 2. The average Bonchev–Trinajstić information content (AvgIpc) is 2.72. The third kappa shape index (κ3) is 4.05. The average molecular weight is 372 g/mol. The molecule has 8 heteroatoms. The monoisotopic (exact) mass is 372 g/mol. The van der Waals surface area contributed by atoms with Gasteiger partial charge in [0.25, 0.3) is 5.91 Å². The van der Waals surface area contributed by atoms with Gasteiger partial charge in [0.1, 0.15) is 6.61 Å². The lowest BCUT2D eigenvalue weighted by molar-refractivity contribution is -0.130. The molecule has 2 aromatic carbocycles. The summed E-state index contributed by atoms with van der Waals surface area (Å²) in [6.07, 6.45) is 0.692. The first kappa shape index (κ1) is 18.4. The molecule has 3 rings (SSSR count). The van der Waals surface area contributed by atoms with Gasteiger partial charge in [0, 0.05) is 5.56 Å². The molecule has 0 aliphatic carbocycles. The lowest BCUT2D eigenvalue weighted by Crippen LogP contribution is -2.42. The van der Waals surface area contributed by atoms with Gasteiger partial charge in [-0.15, -0.1) is 0 Å². The van der Waals surface area contributed by atoms with Gasteiger partial charge in [-0.25, -0.2) is 5.43 Å². The Hall–Kier alpha value is -3.42. The molecule has 0 saturated carbocycles. The number of ether oxygens (including phenoxy) is 5. The molecule has 8 nitrogen and oxygen atoms in total. The van der Waals surface area contributed by atoms with Gasteiger partial charge in [-0.05, 0) is 24.3 Å². The Balaban J connectivity index is 1.66. The van der Waals surface area contributed by atoms with Crippen molar-refractivity contribution in [1.82, 2.24) is 5.43 Å². The highest BCUT2D eigenvalue weighted by molar-refractivity contribution is 5.86. The van der Waals surface area contributed by atoms with Crippen LogP contribution in [0.4, 0.5) is 0 Å². The SMILES string of the molecule is COc1cc(C=NNC(=O)[C@H]2COc3ccccc3O2)cc(OC)c1OC. The molecule has 1 atom stereocenters. The number of hydrogen-bond acceptors (Lipinski definition) is 7.